The predicted molar refractivity (Wildman–Crippen MR) is 69.1 cm³/mol. The number of aromatic amines is 1. The Morgan fingerprint density at radius 2 is 2.06 bits per heavy atom. The number of hydrogen-bond donors (Lipinski definition) is 2. The number of carboxylic acid groups (broad SMARTS) is 1. The van der Waals surface area contributed by atoms with E-state index >= 15 is 0 Å². The molecular formula is C13H16N2O3. The number of fused-ring (bicyclic) bond motifs is 1. The lowest BCUT2D eigenvalue weighted by atomic mass is 10.1. The summed E-state index contributed by atoms with van der Waals surface area (Å²) in [6.45, 7) is 4.03. The first-order valence-electron chi connectivity index (χ1n) is 6.06. The number of carboxylic acids is 1. The molecule has 96 valence electrons. The number of carbonyl (C=O) groups is 1. The Balaban J connectivity index is 2.71. The Hall–Kier alpha value is -2.04. The molecule has 0 saturated carbocycles. The Morgan fingerprint density at radius 1 is 1.39 bits per heavy atom. The van der Waals surface area contributed by atoms with E-state index in [0.717, 1.165) is 12.8 Å². The van der Waals surface area contributed by atoms with Gasteiger partial charge in [0.2, 0.25) is 0 Å². The second kappa shape index (κ2) is 4.68. The van der Waals surface area contributed by atoms with Crippen molar-refractivity contribution in [2.24, 2.45) is 0 Å². The fourth-order valence-electron chi connectivity index (χ4n) is 2.27. The molecule has 0 aliphatic heterocycles. The van der Waals surface area contributed by atoms with Crippen molar-refractivity contribution in [3.05, 3.63) is 34.2 Å². The van der Waals surface area contributed by atoms with Crippen LogP contribution in [0.5, 0.6) is 0 Å². The van der Waals surface area contributed by atoms with Crippen LogP contribution in [0.1, 0.15) is 43.1 Å². The molecule has 2 N–H and O–H groups in total. The first-order valence-corrected chi connectivity index (χ1v) is 6.06. The number of H-pyrrole nitrogens is 1. The van der Waals surface area contributed by atoms with Gasteiger partial charge in [-0.25, -0.2) is 9.59 Å². The summed E-state index contributed by atoms with van der Waals surface area (Å²) in [4.78, 5) is 25.7. The average molecular weight is 248 g/mol. The first kappa shape index (κ1) is 12.4. The minimum Gasteiger partial charge on any atom is -0.478 e. The lowest BCUT2D eigenvalue weighted by molar-refractivity contribution is 0.0697. The Morgan fingerprint density at radius 3 is 2.61 bits per heavy atom. The van der Waals surface area contributed by atoms with Crippen LogP contribution in [0.2, 0.25) is 0 Å². The van der Waals surface area contributed by atoms with Crippen LogP contribution in [0.15, 0.2) is 23.0 Å². The quantitative estimate of drug-likeness (QED) is 0.872. The van der Waals surface area contributed by atoms with E-state index in [1.54, 1.807) is 16.7 Å². The van der Waals surface area contributed by atoms with E-state index in [2.05, 4.69) is 4.98 Å². The van der Waals surface area contributed by atoms with E-state index < -0.39 is 5.97 Å². The van der Waals surface area contributed by atoms with Crippen LogP contribution in [0, 0.1) is 0 Å². The number of aromatic nitrogens is 2. The summed E-state index contributed by atoms with van der Waals surface area (Å²) in [5, 5.41) is 9.00. The summed E-state index contributed by atoms with van der Waals surface area (Å²) in [5.74, 6) is -0.985. The van der Waals surface area contributed by atoms with Crippen molar-refractivity contribution in [1.82, 2.24) is 9.55 Å². The molecule has 18 heavy (non-hydrogen) atoms. The predicted octanol–water partition coefficient (Wildman–Crippen LogP) is 2.39. The Kier molecular flexibility index (Phi) is 3.23. The van der Waals surface area contributed by atoms with Crippen LogP contribution < -0.4 is 5.69 Å². The Bertz CT molecular complexity index is 635. The third-order valence-corrected chi connectivity index (χ3v) is 3.27. The molecule has 2 aromatic rings. The zero-order chi connectivity index (χ0) is 13.3. The fourth-order valence-corrected chi connectivity index (χ4v) is 2.27. The van der Waals surface area contributed by atoms with Crippen molar-refractivity contribution in [3.8, 4) is 0 Å². The summed E-state index contributed by atoms with van der Waals surface area (Å²) < 4.78 is 1.65. The van der Waals surface area contributed by atoms with Crippen LogP contribution in [0.3, 0.4) is 0 Å². The molecule has 0 aliphatic carbocycles. The first-order chi connectivity index (χ1) is 8.58. The maximum atomic E-state index is 11.9. The fraction of sp³-hybridized carbons (Fsp3) is 0.385. The smallest absolute Gasteiger partial charge is 0.335 e. The van der Waals surface area contributed by atoms with Crippen LogP contribution >= 0.6 is 0 Å². The van der Waals surface area contributed by atoms with Crippen LogP contribution in [0.25, 0.3) is 11.0 Å². The van der Waals surface area contributed by atoms with Crippen LogP contribution in [-0.2, 0) is 0 Å². The molecule has 0 amide bonds. The molecule has 5 nitrogen and oxygen atoms in total. The minimum atomic E-state index is -0.985. The van der Waals surface area contributed by atoms with Crippen molar-refractivity contribution in [2.45, 2.75) is 32.7 Å². The minimum absolute atomic E-state index is 0.0929. The van der Waals surface area contributed by atoms with Gasteiger partial charge in [0.1, 0.15) is 0 Å². The van der Waals surface area contributed by atoms with Crippen molar-refractivity contribution in [3.63, 3.8) is 0 Å². The molecule has 2 rings (SSSR count). The molecule has 0 aliphatic rings. The maximum Gasteiger partial charge on any atom is 0.335 e. The molecule has 0 fully saturated rings. The molecule has 0 saturated heterocycles. The molecule has 1 aromatic heterocycles. The summed E-state index contributed by atoms with van der Waals surface area (Å²) in [5.41, 5.74) is 1.35. The van der Waals surface area contributed by atoms with Gasteiger partial charge in [-0.15, -0.1) is 0 Å². The van der Waals surface area contributed by atoms with Gasteiger partial charge >= 0.3 is 11.7 Å². The average Bonchev–Trinajstić information content (AvgIpc) is 2.67. The molecular weight excluding hydrogens is 232 g/mol. The SMILES string of the molecule is CCC(CC)n1c(=O)[nH]c2ccc(C(=O)O)cc21. The maximum absolute atomic E-state index is 11.9. The highest BCUT2D eigenvalue weighted by atomic mass is 16.4. The number of nitrogens with one attached hydrogen (secondary N) is 1. The summed E-state index contributed by atoms with van der Waals surface area (Å²) in [7, 11) is 0. The normalized spacial score (nSPS) is 11.3. The molecule has 1 aromatic carbocycles. The second-order valence-corrected chi connectivity index (χ2v) is 4.31. The highest BCUT2D eigenvalue weighted by molar-refractivity contribution is 5.92. The van der Waals surface area contributed by atoms with Gasteiger partial charge < -0.3 is 10.1 Å². The highest BCUT2D eigenvalue weighted by Crippen LogP contribution is 2.21. The summed E-state index contributed by atoms with van der Waals surface area (Å²) in [6, 6.07) is 4.78. The van der Waals surface area contributed by atoms with Gasteiger partial charge in [0.05, 0.1) is 16.6 Å². The third kappa shape index (κ3) is 1.92. The van der Waals surface area contributed by atoms with Gasteiger partial charge in [0, 0.05) is 6.04 Å². The van der Waals surface area contributed by atoms with Crippen molar-refractivity contribution in [1.29, 1.82) is 0 Å². The van der Waals surface area contributed by atoms with Gasteiger partial charge in [0.15, 0.2) is 0 Å². The van der Waals surface area contributed by atoms with E-state index in [4.69, 9.17) is 5.11 Å². The molecule has 5 heteroatoms. The molecule has 0 unspecified atom stereocenters. The number of nitrogens with zero attached hydrogens (tertiary/aromatic N) is 1. The van der Waals surface area contributed by atoms with Gasteiger partial charge in [-0.2, -0.15) is 0 Å². The van der Waals surface area contributed by atoms with E-state index in [9.17, 15) is 9.59 Å². The van der Waals surface area contributed by atoms with Crippen molar-refractivity contribution < 1.29 is 9.90 Å². The van der Waals surface area contributed by atoms with Crippen molar-refractivity contribution >= 4 is 17.0 Å². The third-order valence-electron chi connectivity index (χ3n) is 3.27. The van der Waals surface area contributed by atoms with E-state index in [1.165, 1.54) is 6.07 Å². The van der Waals surface area contributed by atoms with E-state index in [1.807, 2.05) is 13.8 Å². The van der Waals surface area contributed by atoms with Gasteiger partial charge in [0.25, 0.3) is 0 Å². The van der Waals surface area contributed by atoms with Gasteiger partial charge in [-0.1, -0.05) is 13.8 Å². The topological polar surface area (TPSA) is 75.1 Å². The molecule has 0 bridgehead atoms. The zero-order valence-corrected chi connectivity index (χ0v) is 10.4. The zero-order valence-electron chi connectivity index (χ0n) is 10.4. The Labute approximate surface area is 104 Å². The standard InChI is InChI=1S/C13H16N2O3/c1-3-9(4-2)15-11-7-8(12(16)17)5-6-10(11)14-13(15)18/h5-7,9H,3-4H2,1-2H3,(H,14,18)(H,16,17). The molecule has 0 spiro atoms. The number of hydrogen-bond acceptors (Lipinski definition) is 2. The molecule has 0 atom stereocenters. The monoisotopic (exact) mass is 248 g/mol. The highest BCUT2D eigenvalue weighted by Gasteiger charge is 2.15. The molecule has 0 radical (unpaired) electrons. The van der Waals surface area contributed by atoms with E-state index in [-0.39, 0.29) is 17.3 Å². The number of benzene rings is 1. The largest absolute Gasteiger partial charge is 0.478 e. The lowest BCUT2D eigenvalue weighted by Gasteiger charge is -2.14. The van der Waals surface area contributed by atoms with Crippen molar-refractivity contribution in [2.75, 3.05) is 0 Å². The summed E-state index contributed by atoms with van der Waals surface area (Å²) >= 11 is 0. The van der Waals surface area contributed by atoms with Crippen LogP contribution in [0.4, 0.5) is 0 Å². The van der Waals surface area contributed by atoms with Gasteiger partial charge in [-0.3, -0.25) is 4.57 Å². The van der Waals surface area contributed by atoms with E-state index in [0.29, 0.717) is 11.0 Å². The lowest BCUT2D eigenvalue weighted by Crippen LogP contribution is -2.21. The number of imidazole rings is 1. The van der Waals surface area contributed by atoms with Crippen LogP contribution in [-0.4, -0.2) is 20.6 Å². The molecule has 1 heterocycles. The number of rotatable bonds is 4. The summed E-state index contributed by atoms with van der Waals surface area (Å²) in [6.07, 6.45) is 1.67. The number of aromatic carboxylic acids is 1. The van der Waals surface area contributed by atoms with Gasteiger partial charge in [-0.05, 0) is 31.0 Å². The second-order valence-electron chi connectivity index (χ2n) is 4.31.